The van der Waals surface area contributed by atoms with Crippen LogP contribution in [0.1, 0.15) is 19.8 Å². The SMILES string of the molecule is CCCCNc1nc2c(c(=O)n(C)c(=O)n2C)n1CC(O)CO. The van der Waals surface area contributed by atoms with Gasteiger partial charge in [-0.1, -0.05) is 13.3 Å². The highest BCUT2D eigenvalue weighted by atomic mass is 16.3. The van der Waals surface area contributed by atoms with Crippen LogP contribution in [0.4, 0.5) is 5.95 Å². The molecule has 0 aliphatic heterocycles. The summed E-state index contributed by atoms with van der Waals surface area (Å²) >= 11 is 0. The fourth-order valence-electron chi connectivity index (χ4n) is 2.40. The van der Waals surface area contributed by atoms with Crippen LogP contribution >= 0.6 is 0 Å². The van der Waals surface area contributed by atoms with Crippen molar-refractivity contribution in [2.24, 2.45) is 14.1 Å². The average Bonchev–Trinajstić information content (AvgIpc) is 2.89. The summed E-state index contributed by atoms with van der Waals surface area (Å²) in [6, 6.07) is 0. The third-order valence-corrected chi connectivity index (χ3v) is 3.77. The molecule has 2 aromatic rings. The van der Waals surface area contributed by atoms with E-state index in [1.807, 2.05) is 0 Å². The van der Waals surface area contributed by atoms with Gasteiger partial charge in [-0.25, -0.2) is 4.79 Å². The molecule has 1 atom stereocenters. The molecule has 128 valence electrons. The number of nitrogens with one attached hydrogen (secondary N) is 1. The highest BCUT2D eigenvalue weighted by molar-refractivity contribution is 5.74. The Balaban J connectivity index is 2.67. The molecule has 2 heterocycles. The smallest absolute Gasteiger partial charge is 0.332 e. The van der Waals surface area contributed by atoms with Gasteiger partial charge in [0.2, 0.25) is 5.95 Å². The number of aryl methyl sites for hydroxylation is 1. The average molecular weight is 325 g/mol. The van der Waals surface area contributed by atoms with Gasteiger partial charge in [-0.15, -0.1) is 0 Å². The van der Waals surface area contributed by atoms with Crippen molar-refractivity contribution in [1.82, 2.24) is 18.7 Å². The fraction of sp³-hybridized carbons (Fsp3) is 0.643. The van der Waals surface area contributed by atoms with Crippen LogP contribution in [0.15, 0.2) is 9.59 Å². The van der Waals surface area contributed by atoms with E-state index in [0.717, 1.165) is 17.4 Å². The van der Waals surface area contributed by atoms with Gasteiger partial charge in [-0.3, -0.25) is 13.9 Å². The van der Waals surface area contributed by atoms with Crippen LogP contribution in [0.25, 0.3) is 11.2 Å². The molecule has 0 aliphatic carbocycles. The number of imidazole rings is 1. The lowest BCUT2D eigenvalue weighted by atomic mass is 10.3. The molecule has 0 spiro atoms. The summed E-state index contributed by atoms with van der Waals surface area (Å²) in [5, 5.41) is 22.0. The first kappa shape index (κ1) is 17.2. The number of nitrogens with zero attached hydrogens (tertiary/aromatic N) is 4. The normalized spacial score (nSPS) is 12.7. The molecule has 0 fully saturated rings. The number of hydrogen-bond acceptors (Lipinski definition) is 6. The standard InChI is InChI=1S/C14H23N5O4/c1-4-5-6-15-13-16-11-10(19(13)7-9(21)8-20)12(22)18(3)14(23)17(11)2/h9,20-21H,4-8H2,1-3H3,(H,15,16). The first-order chi connectivity index (χ1) is 10.9. The van der Waals surface area contributed by atoms with Crippen LogP contribution in [-0.2, 0) is 20.6 Å². The van der Waals surface area contributed by atoms with Gasteiger partial charge < -0.3 is 20.1 Å². The predicted octanol–water partition coefficient (Wildman–Crippen LogP) is -1.00. The van der Waals surface area contributed by atoms with Crippen molar-refractivity contribution in [1.29, 1.82) is 0 Å². The second-order valence-electron chi connectivity index (χ2n) is 5.54. The van der Waals surface area contributed by atoms with E-state index in [4.69, 9.17) is 5.11 Å². The Bertz CT molecular complexity index is 804. The first-order valence-corrected chi connectivity index (χ1v) is 7.61. The molecule has 0 saturated heterocycles. The first-order valence-electron chi connectivity index (χ1n) is 7.61. The lowest BCUT2D eigenvalue weighted by Crippen LogP contribution is -2.38. The van der Waals surface area contributed by atoms with Crippen LogP contribution in [0.5, 0.6) is 0 Å². The second-order valence-corrected chi connectivity index (χ2v) is 5.54. The summed E-state index contributed by atoms with van der Waals surface area (Å²) in [4.78, 5) is 28.8. The Morgan fingerprint density at radius 2 is 1.96 bits per heavy atom. The maximum absolute atomic E-state index is 12.5. The van der Waals surface area contributed by atoms with E-state index in [-0.39, 0.29) is 17.7 Å². The van der Waals surface area contributed by atoms with E-state index in [2.05, 4.69) is 17.2 Å². The van der Waals surface area contributed by atoms with E-state index in [0.29, 0.717) is 12.5 Å². The van der Waals surface area contributed by atoms with E-state index in [9.17, 15) is 14.7 Å². The van der Waals surface area contributed by atoms with Crippen molar-refractivity contribution >= 4 is 17.1 Å². The van der Waals surface area contributed by atoms with Crippen LogP contribution < -0.4 is 16.6 Å². The number of aliphatic hydroxyl groups excluding tert-OH is 2. The molecule has 0 aromatic carbocycles. The quantitative estimate of drug-likeness (QED) is 0.563. The Labute approximate surface area is 132 Å². The Morgan fingerprint density at radius 3 is 2.57 bits per heavy atom. The molecule has 9 nitrogen and oxygen atoms in total. The van der Waals surface area contributed by atoms with Gasteiger partial charge in [0, 0.05) is 20.6 Å². The van der Waals surface area contributed by atoms with Crippen LogP contribution in [0.3, 0.4) is 0 Å². The van der Waals surface area contributed by atoms with Crippen LogP contribution in [-0.4, -0.2) is 48.2 Å². The van der Waals surface area contributed by atoms with Gasteiger partial charge in [-0.2, -0.15) is 4.98 Å². The minimum atomic E-state index is -1.03. The van der Waals surface area contributed by atoms with Gasteiger partial charge in [0.15, 0.2) is 11.2 Å². The minimum absolute atomic E-state index is 0.00883. The van der Waals surface area contributed by atoms with Crippen molar-refractivity contribution in [2.75, 3.05) is 18.5 Å². The predicted molar refractivity (Wildman–Crippen MR) is 86.7 cm³/mol. The minimum Gasteiger partial charge on any atom is -0.394 e. The van der Waals surface area contributed by atoms with Crippen molar-refractivity contribution in [2.45, 2.75) is 32.4 Å². The number of anilines is 1. The molecule has 0 aliphatic rings. The Kier molecular flexibility index (Phi) is 5.22. The van der Waals surface area contributed by atoms with E-state index < -0.39 is 24.0 Å². The van der Waals surface area contributed by atoms with Crippen molar-refractivity contribution in [3.8, 4) is 0 Å². The Hall–Kier alpha value is -2.13. The summed E-state index contributed by atoms with van der Waals surface area (Å²) < 4.78 is 3.82. The summed E-state index contributed by atoms with van der Waals surface area (Å²) in [6.45, 7) is 2.29. The fourth-order valence-corrected chi connectivity index (χ4v) is 2.40. The highest BCUT2D eigenvalue weighted by Gasteiger charge is 2.20. The molecule has 1 unspecified atom stereocenters. The van der Waals surface area contributed by atoms with Crippen molar-refractivity contribution < 1.29 is 10.2 Å². The summed E-state index contributed by atoms with van der Waals surface area (Å²) in [7, 11) is 2.94. The molecule has 0 saturated carbocycles. The zero-order chi connectivity index (χ0) is 17.1. The number of hydrogen-bond donors (Lipinski definition) is 3. The number of unbranched alkanes of at least 4 members (excludes halogenated alkanes) is 1. The highest BCUT2D eigenvalue weighted by Crippen LogP contribution is 2.16. The van der Waals surface area contributed by atoms with Gasteiger partial charge in [0.05, 0.1) is 19.3 Å². The zero-order valence-corrected chi connectivity index (χ0v) is 13.6. The van der Waals surface area contributed by atoms with E-state index >= 15 is 0 Å². The van der Waals surface area contributed by atoms with E-state index in [1.54, 1.807) is 7.05 Å². The summed E-state index contributed by atoms with van der Waals surface area (Å²) in [5.74, 6) is 0.402. The summed E-state index contributed by atoms with van der Waals surface area (Å²) in [6.07, 6.45) is 0.885. The number of rotatable bonds is 7. The van der Waals surface area contributed by atoms with Gasteiger partial charge in [0.1, 0.15) is 0 Å². The molecule has 23 heavy (non-hydrogen) atoms. The van der Waals surface area contributed by atoms with Gasteiger partial charge in [-0.05, 0) is 6.42 Å². The third-order valence-electron chi connectivity index (χ3n) is 3.77. The number of aliphatic hydroxyl groups is 2. The van der Waals surface area contributed by atoms with Gasteiger partial charge in [0.25, 0.3) is 5.56 Å². The molecule has 9 heteroatoms. The lowest BCUT2D eigenvalue weighted by molar-refractivity contribution is 0.0824. The molecule has 3 N–H and O–H groups in total. The number of aromatic nitrogens is 4. The van der Waals surface area contributed by atoms with Gasteiger partial charge >= 0.3 is 5.69 Å². The second kappa shape index (κ2) is 6.97. The van der Waals surface area contributed by atoms with Crippen LogP contribution in [0.2, 0.25) is 0 Å². The molecule has 2 aromatic heterocycles. The zero-order valence-electron chi connectivity index (χ0n) is 13.6. The maximum atomic E-state index is 12.5. The molecule has 0 bridgehead atoms. The molecular formula is C14H23N5O4. The number of fused-ring (bicyclic) bond motifs is 1. The topological polar surface area (TPSA) is 114 Å². The Morgan fingerprint density at radius 1 is 1.26 bits per heavy atom. The lowest BCUT2D eigenvalue weighted by Gasteiger charge is -2.13. The molecule has 0 radical (unpaired) electrons. The monoisotopic (exact) mass is 325 g/mol. The largest absolute Gasteiger partial charge is 0.394 e. The molecule has 2 rings (SSSR count). The molecular weight excluding hydrogens is 302 g/mol. The van der Waals surface area contributed by atoms with Crippen LogP contribution in [0, 0.1) is 0 Å². The summed E-state index contributed by atoms with van der Waals surface area (Å²) in [5.41, 5.74) is -0.470. The third kappa shape index (κ3) is 3.15. The maximum Gasteiger partial charge on any atom is 0.332 e. The van der Waals surface area contributed by atoms with Crippen molar-refractivity contribution in [3.63, 3.8) is 0 Å². The van der Waals surface area contributed by atoms with Crippen molar-refractivity contribution in [3.05, 3.63) is 20.8 Å². The van der Waals surface area contributed by atoms with E-state index in [1.165, 1.54) is 16.2 Å². The molecule has 0 amide bonds.